The topological polar surface area (TPSA) is 29.3 Å². The Morgan fingerprint density at radius 2 is 1.84 bits per heavy atom. The van der Waals surface area contributed by atoms with Gasteiger partial charge in [-0.1, -0.05) is 39.5 Å². The highest BCUT2D eigenvalue weighted by molar-refractivity contribution is 4.85. The number of rotatable bonds is 5. The van der Waals surface area contributed by atoms with Gasteiger partial charge in [0.25, 0.3) is 0 Å². The lowest BCUT2D eigenvalue weighted by Gasteiger charge is -2.42. The first kappa shape index (κ1) is 15.3. The smallest absolute Gasteiger partial charge is 0.0135 e. The summed E-state index contributed by atoms with van der Waals surface area (Å²) in [7, 11) is 0. The van der Waals surface area contributed by atoms with Gasteiger partial charge >= 0.3 is 0 Å². The fraction of sp³-hybridized carbons (Fsp3) is 1.00. The Hall–Kier alpha value is -0.0800. The zero-order valence-corrected chi connectivity index (χ0v) is 13.1. The highest BCUT2D eigenvalue weighted by Gasteiger charge is 2.30. The average molecular weight is 266 g/mol. The molecule has 0 heterocycles. The van der Waals surface area contributed by atoms with Crippen molar-refractivity contribution in [1.82, 2.24) is 4.90 Å². The first-order valence-corrected chi connectivity index (χ1v) is 8.68. The predicted octanol–water partition coefficient (Wildman–Crippen LogP) is 3.65. The molecule has 0 saturated heterocycles. The molecule has 4 atom stereocenters. The fourth-order valence-electron chi connectivity index (χ4n) is 4.50. The summed E-state index contributed by atoms with van der Waals surface area (Å²) in [6.07, 6.45) is 11.4. The molecule has 2 nitrogen and oxygen atoms in total. The Bertz CT molecular complexity index is 254. The first-order valence-electron chi connectivity index (χ1n) is 8.68. The van der Waals surface area contributed by atoms with Crippen LogP contribution in [-0.2, 0) is 0 Å². The molecule has 0 aromatic heterocycles. The molecule has 19 heavy (non-hydrogen) atoms. The normalized spacial score (nSPS) is 36.6. The van der Waals surface area contributed by atoms with Gasteiger partial charge in [0.2, 0.25) is 0 Å². The van der Waals surface area contributed by atoms with E-state index in [2.05, 4.69) is 18.7 Å². The van der Waals surface area contributed by atoms with Crippen LogP contribution in [0.4, 0.5) is 0 Å². The second-order valence-electron chi connectivity index (χ2n) is 7.07. The van der Waals surface area contributed by atoms with Crippen molar-refractivity contribution in [3.63, 3.8) is 0 Å². The summed E-state index contributed by atoms with van der Waals surface area (Å²) in [5.74, 6) is 2.66. The summed E-state index contributed by atoms with van der Waals surface area (Å²) in [6, 6.07) is 0.779. The number of hydrogen-bond acceptors (Lipinski definition) is 2. The van der Waals surface area contributed by atoms with E-state index in [0.717, 1.165) is 30.3 Å². The molecule has 4 unspecified atom stereocenters. The molecule has 2 fully saturated rings. The van der Waals surface area contributed by atoms with Gasteiger partial charge in [0.1, 0.15) is 0 Å². The van der Waals surface area contributed by atoms with E-state index in [9.17, 15) is 0 Å². The highest BCUT2D eigenvalue weighted by atomic mass is 15.2. The first-order chi connectivity index (χ1) is 9.24. The summed E-state index contributed by atoms with van der Waals surface area (Å²) in [5.41, 5.74) is 6.01. The SMILES string of the molecule is CCN(CC1CCCC(C)C1)C1CCCCC1CN. The van der Waals surface area contributed by atoms with E-state index < -0.39 is 0 Å². The summed E-state index contributed by atoms with van der Waals surface area (Å²) in [4.78, 5) is 2.78. The Labute approximate surface area is 120 Å². The molecule has 112 valence electrons. The Kier molecular flexibility index (Phi) is 6.15. The minimum Gasteiger partial charge on any atom is -0.330 e. The summed E-state index contributed by atoms with van der Waals surface area (Å²) in [6.45, 7) is 8.22. The van der Waals surface area contributed by atoms with Crippen LogP contribution in [0, 0.1) is 17.8 Å². The van der Waals surface area contributed by atoms with Crippen LogP contribution in [0.25, 0.3) is 0 Å². The highest BCUT2D eigenvalue weighted by Crippen LogP contribution is 2.32. The molecule has 2 aliphatic carbocycles. The van der Waals surface area contributed by atoms with Crippen LogP contribution in [0.15, 0.2) is 0 Å². The molecule has 0 amide bonds. The van der Waals surface area contributed by atoms with Gasteiger partial charge in [-0.05, 0) is 56.5 Å². The third kappa shape index (κ3) is 4.19. The van der Waals surface area contributed by atoms with Crippen molar-refractivity contribution in [3.05, 3.63) is 0 Å². The van der Waals surface area contributed by atoms with Crippen LogP contribution in [0.5, 0.6) is 0 Å². The molecule has 0 aliphatic heterocycles. The van der Waals surface area contributed by atoms with Gasteiger partial charge < -0.3 is 10.6 Å². The molecule has 2 aliphatic rings. The van der Waals surface area contributed by atoms with Crippen LogP contribution in [0.2, 0.25) is 0 Å². The van der Waals surface area contributed by atoms with Crippen molar-refractivity contribution in [2.75, 3.05) is 19.6 Å². The second kappa shape index (κ2) is 7.64. The molecule has 2 saturated carbocycles. The largest absolute Gasteiger partial charge is 0.330 e. The maximum absolute atomic E-state index is 6.01. The molecule has 2 heteroatoms. The van der Waals surface area contributed by atoms with Crippen molar-refractivity contribution in [3.8, 4) is 0 Å². The maximum Gasteiger partial charge on any atom is 0.0135 e. The van der Waals surface area contributed by atoms with Gasteiger partial charge in [0.05, 0.1) is 0 Å². The van der Waals surface area contributed by atoms with Crippen molar-refractivity contribution >= 4 is 0 Å². The van der Waals surface area contributed by atoms with Crippen LogP contribution in [-0.4, -0.2) is 30.6 Å². The van der Waals surface area contributed by atoms with Gasteiger partial charge in [0, 0.05) is 12.6 Å². The van der Waals surface area contributed by atoms with E-state index >= 15 is 0 Å². The van der Waals surface area contributed by atoms with E-state index in [-0.39, 0.29) is 0 Å². The Balaban J connectivity index is 1.90. The van der Waals surface area contributed by atoms with Gasteiger partial charge in [-0.25, -0.2) is 0 Å². The van der Waals surface area contributed by atoms with E-state index in [0.29, 0.717) is 0 Å². The zero-order chi connectivity index (χ0) is 13.7. The lowest BCUT2D eigenvalue weighted by Crippen LogP contribution is -2.47. The molecule has 2 N–H and O–H groups in total. The molecule has 0 aromatic carbocycles. The van der Waals surface area contributed by atoms with Gasteiger partial charge in [-0.15, -0.1) is 0 Å². The number of nitrogens with two attached hydrogens (primary N) is 1. The minimum absolute atomic E-state index is 0.759. The van der Waals surface area contributed by atoms with Crippen LogP contribution in [0.1, 0.15) is 65.2 Å². The van der Waals surface area contributed by atoms with E-state index in [4.69, 9.17) is 5.73 Å². The van der Waals surface area contributed by atoms with Crippen LogP contribution < -0.4 is 5.73 Å². The summed E-state index contributed by atoms with van der Waals surface area (Å²) >= 11 is 0. The third-order valence-corrected chi connectivity index (χ3v) is 5.58. The van der Waals surface area contributed by atoms with Gasteiger partial charge in [0.15, 0.2) is 0 Å². The Morgan fingerprint density at radius 3 is 2.53 bits per heavy atom. The monoisotopic (exact) mass is 266 g/mol. The fourth-order valence-corrected chi connectivity index (χ4v) is 4.50. The molecule has 0 spiro atoms. The molecule has 0 aromatic rings. The molecule has 0 radical (unpaired) electrons. The van der Waals surface area contributed by atoms with Gasteiger partial charge in [-0.2, -0.15) is 0 Å². The minimum atomic E-state index is 0.759. The predicted molar refractivity (Wildman–Crippen MR) is 83.2 cm³/mol. The quantitative estimate of drug-likeness (QED) is 0.823. The zero-order valence-electron chi connectivity index (χ0n) is 13.1. The standard InChI is InChI=1S/C17H34N2/c1-3-19(13-15-8-6-7-14(2)11-15)17-10-5-4-9-16(17)12-18/h14-17H,3-13,18H2,1-2H3. The van der Waals surface area contributed by atoms with Crippen LogP contribution in [0.3, 0.4) is 0 Å². The third-order valence-electron chi connectivity index (χ3n) is 5.58. The second-order valence-corrected chi connectivity index (χ2v) is 7.07. The Morgan fingerprint density at radius 1 is 1.05 bits per heavy atom. The number of nitrogens with zero attached hydrogens (tertiary/aromatic N) is 1. The van der Waals surface area contributed by atoms with Crippen molar-refractivity contribution in [1.29, 1.82) is 0 Å². The van der Waals surface area contributed by atoms with Crippen molar-refractivity contribution in [2.45, 2.75) is 71.3 Å². The molecular formula is C17H34N2. The van der Waals surface area contributed by atoms with Crippen molar-refractivity contribution < 1.29 is 0 Å². The molecular weight excluding hydrogens is 232 g/mol. The van der Waals surface area contributed by atoms with Crippen molar-refractivity contribution in [2.24, 2.45) is 23.5 Å². The van der Waals surface area contributed by atoms with Crippen LogP contribution >= 0.6 is 0 Å². The summed E-state index contributed by atoms with van der Waals surface area (Å²) in [5, 5.41) is 0. The van der Waals surface area contributed by atoms with Gasteiger partial charge in [-0.3, -0.25) is 0 Å². The van der Waals surface area contributed by atoms with E-state index in [1.807, 2.05) is 0 Å². The lowest BCUT2D eigenvalue weighted by atomic mass is 9.80. The van der Waals surface area contributed by atoms with E-state index in [1.165, 1.54) is 64.5 Å². The molecule has 0 bridgehead atoms. The molecule has 2 rings (SSSR count). The average Bonchev–Trinajstić information content (AvgIpc) is 2.45. The lowest BCUT2D eigenvalue weighted by molar-refractivity contribution is 0.0820. The summed E-state index contributed by atoms with van der Waals surface area (Å²) < 4.78 is 0. The maximum atomic E-state index is 6.01. The number of hydrogen-bond donors (Lipinski definition) is 1. The van der Waals surface area contributed by atoms with E-state index in [1.54, 1.807) is 0 Å².